The Hall–Kier alpha value is -5.79. The molecule has 4 nitrogen and oxygen atoms in total. The van der Waals surface area contributed by atoms with E-state index in [0.717, 1.165) is 60.6 Å². The van der Waals surface area contributed by atoms with Crippen LogP contribution in [0, 0.1) is 11.3 Å². The van der Waals surface area contributed by atoms with Gasteiger partial charge in [-0.15, -0.1) is 0 Å². The molecule has 0 radical (unpaired) electrons. The standard InChI is InChI=1S/C37H21N3O/c38-22-28-36-27-15-5-10-20-34(27)41-35(36)21-33(39-29-16-6-1-11-23(29)24-12-2-7-17-30(24)39)37(28)40-31-18-8-3-13-25(31)26-14-4-9-19-32(26)40/h1-21H. The summed E-state index contributed by atoms with van der Waals surface area (Å²) in [5.41, 5.74) is 8.07. The van der Waals surface area contributed by atoms with Crippen molar-refractivity contribution in [1.29, 1.82) is 5.26 Å². The van der Waals surface area contributed by atoms with Crippen molar-refractivity contribution in [3.8, 4) is 17.4 Å². The first-order valence-electron chi connectivity index (χ1n) is 13.7. The smallest absolute Gasteiger partial charge is 0.139 e. The second-order valence-electron chi connectivity index (χ2n) is 10.4. The summed E-state index contributed by atoms with van der Waals surface area (Å²) in [4.78, 5) is 0. The highest BCUT2D eigenvalue weighted by molar-refractivity contribution is 6.15. The summed E-state index contributed by atoms with van der Waals surface area (Å²) in [6.45, 7) is 0. The van der Waals surface area contributed by atoms with Crippen molar-refractivity contribution in [2.24, 2.45) is 0 Å². The van der Waals surface area contributed by atoms with E-state index in [-0.39, 0.29) is 0 Å². The van der Waals surface area contributed by atoms with Gasteiger partial charge in [0.25, 0.3) is 0 Å². The number of fused-ring (bicyclic) bond motifs is 9. The van der Waals surface area contributed by atoms with Crippen LogP contribution < -0.4 is 0 Å². The predicted octanol–water partition coefficient (Wildman–Crippen LogP) is 9.65. The molecule has 0 spiro atoms. The van der Waals surface area contributed by atoms with Crippen molar-refractivity contribution in [3.05, 3.63) is 133 Å². The van der Waals surface area contributed by atoms with Gasteiger partial charge in [-0.25, -0.2) is 0 Å². The molecule has 0 atom stereocenters. The zero-order valence-corrected chi connectivity index (χ0v) is 21.9. The third-order valence-corrected chi connectivity index (χ3v) is 8.36. The van der Waals surface area contributed by atoms with Crippen LogP contribution in [0.25, 0.3) is 76.9 Å². The van der Waals surface area contributed by atoms with Gasteiger partial charge in [-0.3, -0.25) is 0 Å². The molecule has 6 aromatic carbocycles. The minimum Gasteiger partial charge on any atom is -0.456 e. The molecule has 9 rings (SSSR count). The summed E-state index contributed by atoms with van der Waals surface area (Å²) in [5.74, 6) is 0. The first-order chi connectivity index (χ1) is 20.3. The molecule has 4 heteroatoms. The Kier molecular flexibility index (Phi) is 4.37. The maximum Gasteiger partial charge on any atom is 0.139 e. The number of hydrogen-bond donors (Lipinski definition) is 0. The molecule has 0 bridgehead atoms. The van der Waals surface area contributed by atoms with Crippen LogP contribution in [0.5, 0.6) is 0 Å². The van der Waals surface area contributed by atoms with E-state index >= 15 is 0 Å². The van der Waals surface area contributed by atoms with E-state index in [1.54, 1.807) is 0 Å². The van der Waals surface area contributed by atoms with Crippen LogP contribution in [0.1, 0.15) is 5.56 Å². The molecule has 3 aromatic heterocycles. The summed E-state index contributed by atoms with van der Waals surface area (Å²) in [6, 6.07) is 46.6. The largest absolute Gasteiger partial charge is 0.456 e. The summed E-state index contributed by atoms with van der Waals surface area (Å²) < 4.78 is 11.0. The van der Waals surface area contributed by atoms with Crippen LogP contribution in [0.2, 0.25) is 0 Å². The van der Waals surface area contributed by atoms with E-state index in [2.05, 4.69) is 118 Å². The second-order valence-corrected chi connectivity index (χ2v) is 10.4. The molecule has 0 N–H and O–H groups in total. The third-order valence-electron chi connectivity index (χ3n) is 8.36. The van der Waals surface area contributed by atoms with Crippen molar-refractivity contribution in [2.75, 3.05) is 0 Å². The number of furan rings is 1. The van der Waals surface area contributed by atoms with E-state index in [1.165, 1.54) is 10.8 Å². The molecule has 190 valence electrons. The van der Waals surface area contributed by atoms with Crippen LogP contribution >= 0.6 is 0 Å². The van der Waals surface area contributed by atoms with Crippen molar-refractivity contribution >= 4 is 65.6 Å². The van der Waals surface area contributed by atoms with Crippen LogP contribution in [-0.4, -0.2) is 9.13 Å². The van der Waals surface area contributed by atoms with Gasteiger partial charge in [0.05, 0.1) is 39.0 Å². The Morgan fingerprint density at radius 1 is 0.488 bits per heavy atom. The third kappa shape index (κ3) is 2.87. The lowest BCUT2D eigenvalue weighted by Gasteiger charge is -2.18. The number of nitriles is 1. The van der Waals surface area contributed by atoms with Crippen LogP contribution in [0.4, 0.5) is 0 Å². The maximum absolute atomic E-state index is 11.0. The highest BCUT2D eigenvalue weighted by Gasteiger charge is 2.26. The van der Waals surface area contributed by atoms with Crippen molar-refractivity contribution in [1.82, 2.24) is 9.13 Å². The van der Waals surface area contributed by atoms with Crippen LogP contribution in [0.15, 0.2) is 132 Å². The normalized spacial score (nSPS) is 11.9. The van der Waals surface area contributed by atoms with Gasteiger partial charge in [-0.05, 0) is 30.3 Å². The topological polar surface area (TPSA) is 46.8 Å². The van der Waals surface area contributed by atoms with Crippen molar-refractivity contribution in [3.63, 3.8) is 0 Å². The zero-order chi connectivity index (χ0) is 27.1. The molecule has 0 unspecified atom stereocenters. The van der Waals surface area contributed by atoms with Crippen LogP contribution in [0.3, 0.4) is 0 Å². The molecule has 3 heterocycles. The molecule has 0 fully saturated rings. The Balaban J connectivity index is 1.58. The molecule has 0 aliphatic heterocycles. The van der Waals surface area contributed by atoms with Crippen LogP contribution in [-0.2, 0) is 0 Å². The Labute approximate surface area is 234 Å². The summed E-state index contributed by atoms with van der Waals surface area (Å²) in [6.07, 6.45) is 0. The molecule has 9 aromatic rings. The lowest BCUT2D eigenvalue weighted by Crippen LogP contribution is -2.06. The minimum atomic E-state index is 0.593. The number of aromatic nitrogens is 2. The molecule has 0 saturated heterocycles. The fourth-order valence-corrected chi connectivity index (χ4v) is 6.71. The molecule has 0 amide bonds. The monoisotopic (exact) mass is 523 g/mol. The molecule has 0 aliphatic rings. The quantitative estimate of drug-likeness (QED) is 0.226. The van der Waals surface area contributed by atoms with Gasteiger partial charge in [0.1, 0.15) is 17.2 Å². The highest BCUT2D eigenvalue weighted by atomic mass is 16.3. The van der Waals surface area contributed by atoms with Gasteiger partial charge in [0, 0.05) is 38.4 Å². The molecule has 41 heavy (non-hydrogen) atoms. The number of nitrogens with zero attached hydrogens (tertiary/aromatic N) is 3. The highest BCUT2D eigenvalue weighted by Crippen LogP contribution is 2.43. The summed E-state index contributed by atoms with van der Waals surface area (Å²) in [7, 11) is 0. The summed E-state index contributed by atoms with van der Waals surface area (Å²) in [5, 5.41) is 17.4. The van der Waals surface area contributed by atoms with Gasteiger partial charge in [0.15, 0.2) is 0 Å². The minimum absolute atomic E-state index is 0.593. The first kappa shape index (κ1) is 22.1. The molecule has 0 saturated carbocycles. The van der Waals surface area contributed by atoms with Crippen molar-refractivity contribution < 1.29 is 4.42 Å². The van der Waals surface area contributed by atoms with E-state index in [4.69, 9.17) is 4.42 Å². The van der Waals surface area contributed by atoms with Gasteiger partial charge in [-0.2, -0.15) is 5.26 Å². The van der Waals surface area contributed by atoms with Gasteiger partial charge in [-0.1, -0.05) is 91.0 Å². The first-order valence-corrected chi connectivity index (χ1v) is 13.7. The SMILES string of the molecule is N#Cc1c(-n2c3ccccc3c3ccccc32)c(-n2c3ccccc3c3ccccc32)cc2oc3ccccc3c12. The second kappa shape index (κ2) is 8.11. The van der Waals surface area contributed by atoms with Gasteiger partial charge < -0.3 is 13.6 Å². The number of hydrogen-bond acceptors (Lipinski definition) is 2. The zero-order valence-electron chi connectivity index (χ0n) is 21.9. The average Bonchev–Trinajstić information content (AvgIpc) is 3.68. The Morgan fingerprint density at radius 2 is 0.927 bits per heavy atom. The van der Waals surface area contributed by atoms with E-state index in [9.17, 15) is 5.26 Å². The fourth-order valence-electron chi connectivity index (χ4n) is 6.71. The molecule has 0 aliphatic carbocycles. The number of rotatable bonds is 2. The fraction of sp³-hybridized carbons (Fsp3) is 0. The molecular weight excluding hydrogens is 502 g/mol. The Morgan fingerprint density at radius 3 is 1.44 bits per heavy atom. The van der Waals surface area contributed by atoms with Gasteiger partial charge in [0.2, 0.25) is 0 Å². The number of benzene rings is 6. The lowest BCUT2D eigenvalue weighted by molar-refractivity contribution is 0.668. The van der Waals surface area contributed by atoms with Gasteiger partial charge >= 0.3 is 0 Å². The average molecular weight is 524 g/mol. The lowest BCUT2D eigenvalue weighted by atomic mass is 10.0. The Bertz CT molecular complexity index is 2450. The molecular formula is C37H21N3O. The number of para-hydroxylation sites is 5. The van der Waals surface area contributed by atoms with E-state index in [1.807, 2.05) is 24.3 Å². The maximum atomic E-state index is 11.0. The van der Waals surface area contributed by atoms with E-state index < -0.39 is 0 Å². The predicted molar refractivity (Wildman–Crippen MR) is 167 cm³/mol. The van der Waals surface area contributed by atoms with Crippen molar-refractivity contribution in [2.45, 2.75) is 0 Å². The summed E-state index contributed by atoms with van der Waals surface area (Å²) >= 11 is 0. The van der Waals surface area contributed by atoms with E-state index in [0.29, 0.717) is 11.1 Å².